The Morgan fingerprint density at radius 1 is 1.15 bits per heavy atom. The van der Waals surface area contributed by atoms with Crippen LogP contribution < -0.4 is 0 Å². The Hall–Kier alpha value is -0.260. The number of hydrogen-bond donors (Lipinski definition) is 0. The number of hydrogen-bond acceptors (Lipinski definition) is 0. The zero-order valence-electron chi connectivity index (χ0n) is 9.43. The summed E-state index contributed by atoms with van der Waals surface area (Å²) in [4.78, 5) is 0. The van der Waals surface area contributed by atoms with Gasteiger partial charge < -0.3 is 0 Å². The van der Waals surface area contributed by atoms with Crippen LogP contribution >= 0.6 is 0 Å². The quantitative estimate of drug-likeness (QED) is 0.560. The zero-order valence-corrected chi connectivity index (χ0v) is 9.43. The standard InChI is InChI=1S/C13H22/c1-5-6-11-10(4)12-7-13(11)9(3)8(12)2/h8-9,12-13H,5-7H2,1-4H3/t8?,9?,12-,13+/m1/s1. The largest absolute Gasteiger partial charge is 0.0704 e. The molecule has 1 saturated carbocycles. The molecule has 0 heterocycles. The van der Waals surface area contributed by atoms with Crippen molar-refractivity contribution in [3.05, 3.63) is 11.1 Å². The van der Waals surface area contributed by atoms with Crippen molar-refractivity contribution in [2.24, 2.45) is 23.7 Å². The van der Waals surface area contributed by atoms with Crippen molar-refractivity contribution < 1.29 is 0 Å². The molecule has 0 N–H and O–H groups in total. The summed E-state index contributed by atoms with van der Waals surface area (Å²) in [5, 5.41) is 0. The molecule has 13 heavy (non-hydrogen) atoms. The van der Waals surface area contributed by atoms with E-state index >= 15 is 0 Å². The fraction of sp³-hybridized carbons (Fsp3) is 0.846. The summed E-state index contributed by atoms with van der Waals surface area (Å²) in [6.45, 7) is 9.59. The Bertz CT molecular complexity index is 236. The molecule has 0 aliphatic heterocycles. The van der Waals surface area contributed by atoms with Gasteiger partial charge in [-0.3, -0.25) is 0 Å². The van der Waals surface area contributed by atoms with E-state index in [4.69, 9.17) is 0 Å². The van der Waals surface area contributed by atoms with Crippen LogP contribution in [-0.4, -0.2) is 0 Å². The van der Waals surface area contributed by atoms with Crippen LogP contribution in [0.5, 0.6) is 0 Å². The highest BCUT2D eigenvalue weighted by atomic mass is 14.5. The average molecular weight is 178 g/mol. The minimum Gasteiger partial charge on any atom is -0.0704 e. The molecule has 0 amide bonds. The highest BCUT2D eigenvalue weighted by molar-refractivity contribution is 5.30. The van der Waals surface area contributed by atoms with Crippen molar-refractivity contribution >= 4 is 0 Å². The second-order valence-electron chi connectivity index (χ2n) is 5.13. The molecule has 0 heteroatoms. The number of allylic oxidation sites excluding steroid dienone is 2. The molecule has 0 aromatic heterocycles. The van der Waals surface area contributed by atoms with E-state index in [1.807, 2.05) is 5.57 Å². The minimum absolute atomic E-state index is 0.946. The van der Waals surface area contributed by atoms with E-state index in [1.54, 1.807) is 5.57 Å². The predicted molar refractivity (Wildman–Crippen MR) is 57.5 cm³/mol. The maximum Gasteiger partial charge on any atom is -0.0166 e. The summed E-state index contributed by atoms with van der Waals surface area (Å²) in [5.41, 5.74) is 3.59. The molecular weight excluding hydrogens is 156 g/mol. The molecule has 0 saturated heterocycles. The van der Waals surface area contributed by atoms with Gasteiger partial charge in [0.1, 0.15) is 0 Å². The van der Waals surface area contributed by atoms with Crippen LogP contribution in [0, 0.1) is 23.7 Å². The first kappa shape index (κ1) is 9.30. The maximum absolute atomic E-state index is 2.46. The van der Waals surface area contributed by atoms with E-state index in [2.05, 4.69) is 27.7 Å². The normalized spacial score (nSPS) is 43.4. The molecule has 2 unspecified atom stereocenters. The van der Waals surface area contributed by atoms with Crippen LogP contribution in [0.15, 0.2) is 11.1 Å². The molecule has 0 aromatic rings. The summed E-state index contributed by atoms with van der Waals surface area (Å²) in [5.74, 6) is 3.81. The van der Waals surface area contributed by atoms with Crippen LogP contribution in [0.25, 0.3) is 0 Å². The fourth-order valence-corrected chi connectivity index (χ4v) is 3.65. The van der Waals surface area contributed by atoms with Crippen LogP contribution in [0.1, 0.15) is 47.0 Å². The molecule has 74 valence electrons. The van der Waals surface area contributed by atoms with Crippen molar-refractivity contribution in [3.63, 3.8) is 0 Å². The molecular formula is C13H22. The first-order chi connectivity index (χ1) is 6.16. The van der Waals surface area contributed by atoms with Gasteiger partial charge in [-0.2, -0.15) is 0 Å². The second kappa shape index (κ2) is 3.15. The maximum atomic E-state index is 2.46. The number of fused-ring (bicyclic) bond motifs is 2. The van der Waals surface area contributed by atoms with Crippen LogP contribution in [0.4, 0.5) is 0 Å². The third kappa shape index (κ3) is 1.18. The first-order valence-corrected chi connectivity index (χ1v) is 5.86. The molecule has 4 atom stereocenters. The smallest absolute Gasteiger partial charge is 0.0166 e. The Labute approximate surface area is 82.4 Å². The predicted octanol–water partition coefficient (Wildman–Crippen LogP) is 4.02. The summed E-state index contributed by atoms with van der Waals surface area (Å²) >= 11 is 0. The van der Waals surface area contributed by atoms with Gasteiger partial charge in [-0.15, -0.1) is 0 Å². The van der Waals surface area contributed by atoms with E-state index in [9.17, 15) is 0 Å². The lowest BCUT2D eigenvalue weighted by molar-refractivity contribution is 0.338. The van der Waals surface area contributed by atoms with Gasteiger partial charge in [-0.1, -0.05) is 38.3 Å². The lowest BCUT2D eigenvalue weighted by Crippen LogP contribution is -2.19. The number of rotatable bonds is 2. The van der Waals surface area contributed by atoms with Crippen molar-refractivity contribution in [3.8, 4) is 0 Å². The van der Waals surface area contributed by atoms with Gasteiger partial charge in [0.15, 0.2) is 0 Å². The molecule has 0 aromatic carbocycles. The average Bonchev–Trinajstić information content (AvgIpc) is 2.55. The van der Waals surface area contributed by atoms with Crippen LogP contribution in [0.2, 0.25) is 0 Å². The van der Waals surface area contributed by atoms with E-state index in [0.29, 0.717) is 0 Å². The summed E-state index contributed by atoms with van der Waals surface area (Å²) < 4.78 is 0. The molecule has 1 fully saturated rings. The van der Waals surface area contributed by atoms with Gasteiger partial charge in [0.05, 0.1) is 0 Å². The van der Waals surface area contributed by atoms with Gasteiger partial charge >= 0.3 is 0 Å². The zero-order chi connectivity index (χ0) is 9.59. The second-order valence-corrected chi connectivity index (χ2v) is 5.13. The third-order valence-electron chi connectivity index (χ3n) is 4.64. The molecule has 2 rings (SSSR count). The Morgan fingerprint density at radius 2 is 1.77 bits per heavy atom. The Kier molecular flexibility index (Phi) is 2.25. The molecule has 0 nitrogen and oxygen atoms in total. The topological polar surface area (TPSA) is 0 Å². The van der Waals surface area contributed by atoms with E-state index < -0.39 is 0 Å². The SMILES string of the molecule is CCCC1=C(C)[C@@H]2C[C@H]1C(C)C2C. The van der Waals surface area contributed by atoms with Gasteiger partial charge in [0.2, 0.25) is 0 Å². The summed E-state index contributed by atoms with van der Waals surface area (Å²) in [6, 6.07) is 0. The summed E-state index contributed by atoms with van der Waals surface area (Å²) in [7, 11) is 0. The van der Waals surface area contributed by atoms with Gasteiger partial charge in [0, 0.05) is 0 Å². The van der Waals surface area contributed by atoms with E-state index in [0.717, 1.165) is 23.7 Å². The Balaban J connectivity index is 2.24. The van der Waals surface area contributed by atoms with Gasteiger partial charge in [-0.25, -0.2) is 0 Å². The molecule has 2 aliphatic rings. The van der Waals surface area contributed by atoms with Crippen LogP contribution in [-0.2, 0) is 0 Å². The van der Waals surface area contributed by atoms with E-state index in [1.165, 1.54) is 19.3 Å². The lowest BCUT2D eigenvalue weighted by Gasteiger charge is -2.28. The van der Waals surface area contributed by atoms with Crippen molar-refractivity contribution in [1.29, 1.82) is 0 Å². The highest BCUT2D eigenvalue weighted by Gasteiger charge is 2.45. The van der Waals surface area contributed by atoms with Crippen molar-refractivity contribution in [1.82, 2.24) is 0 Å². The first-order valence-electron chi connectivity index (χ1n) is 5.86. The van der Waals surface area contributed by atoms with Gasteiger partial charge in [-0.05, 0) is 43.4 Å². The highest BCUT2D eigenvalue weighted by Crippen LogP contribution is 2.55. The van der Waals surface area contributed by atoms with Crippen LogP contribution in [0.3, 0.4) is 0 Å². The fourth-order valence-electron chi connectivity index (χ4n) is 3.65. The molecule has 0 spiro atoms. The summed E-state index contributed by atoms with van der Waals surface area (Å²) in [6.07, 6.45) is 4.17. The van der Waals surface area contributed by atoms with Crippen molar-refractivity contribution in [2.45, 2.75) is 47.0 Å². The Morgan fingerprint density at radius 3 is 2.31 bits per heavy atom. The lowest BCUT2D eigenvalue weighted by atomic mass is 9.77. The third-order valence-corrected chi connectivity index (χ3v) is 4.64. The monoisotopic (exact) mass is 178 g/mol. The van der Waals surface area contributed by atoms with Gasteiger partial charge in [0.25, 0.3) is 0 Å². The van der Waals surface area contributed by atoms with Crippen molar-refractivity contribution in [2.75, 3.05) is 0 Å². The minimum atomic E-state index is 0.946. The molecule has 2 aliphatic carbocycles. The molecule has 0 radical (unpaired) electrons. The molecule has 2 bridgehead atoms. The van der Waals surface area contributed by atoms with E-state index in [-0.39, 0.29) is 0 Å².